The third-order valence-corrected chi connectivity index (χ3v) is 2.75. The second-order valence-corrected chi connectivity index (χ2v) is 3.67. The lowest BCUT2D eigenvalue weighted by molar-refractivity contribution is -0.130. The molecule has 0 aromatic heterocycles. The zero-order valence-corrected chi connectivity index (χ0v) is 8.86. The van der Waals surface area contributed by atoms with Crippen LogP contribution in [0.15, 0.2) is 0 Å². The molecule has 0 radical (unpaired) electrons. The Kier molecular flexibility index (Phi) is 3.90. The molecule has 4 heteroatoms. The average molecular weight is 195 g/mol. The van der Waals surface area contributed by atoms with Crippen LogP contribution in [-0.2, 0) is 4.79 Å². The van der Waals surface area contributed by atoms with Gasteiger partial charge in [0.1, 0.15) is 0 Å². The fourth-order valence-electron chi connectivity index (χ4n) is 1.63. The van der Waals surface area contributed by atoms with E-state index in [2.05, 4.69) is 6.07 Å². The van der Waals surface area contributed by atoms with Crippen molar-refractivity contribution in [3.8, 4) is 6.07 Å². The van der Waals surface area contributed by atoms with Crippen LogP contribution >= 0.6 is 0 Å². The maximum Gasteiger partial charge on any atom is 0.236 e. The summed E-state index contributed by atoms with van der Waals surface area (Å²) in [6.07, 6.45) is 1.93. The number of carbonyl (C=O) groups is 1. The number of nitriles is 1. The largest absolute Gasteiger partial charge is 0.345 e. The highest BCUT2D eigenvalue weighted by atomic mass is 16.2. The maximum absolute atomic E-state index is 11.6. The summed E-state index contributed by atoms with van der Waals surface area (Å²) in [6, 6.07) is 2.18. The van der Waals surface area contributed by atoms with Crippen molar-refractivity contribution < 1.29 is 4.79 Å². The molecule has 1 heterocycles. The van der Waals surface area contributed by atoms with E-state index in [4.69, 9.17) is 5.26 Å². The molecule has 1 saturated heterocycles. The van der Waals surface area contributed by atoms with Crippen molar-refractivity contribution >= 4 is 5.91 Å². The number of carbonyl (C=O) groups excluding carboxylic acids is 1. The first-order valence-corrected chi connectivity index (χ1v) is 5.06. The van der Waals surface area contributed by atoms with Crippen molar-refractivity contribution in [2.75, 3.05) is 26.7 Å². The molecular weight excluding hydrogens is 178 g/mol. The summed E-state index contributed by atoms with van der Waals surface area (Å²) < 4.78 is 0. The van der Waals surface area contributed by atoms with E-state index in [9.17, 15) is 4.79 Å². The molecule has 1 rings (SSSR count). The Morgan fingerprint density at radius 1 is 1.71 bits per heavy atom. The molecule has 1 fully saturated rings. The van der Waals surface area contributed by atoms with Crippen LogP contribution in [0.4, 0.5) is 0 Å². The lowest BCUT2D eigenvalue weighted by Crippen LogP contribution is -2.40. The van der Waals surface area contributed by atoms with Gasteiger partial charge >= 0.3 is 0 Å². The third-order valence-electron chi connectivity index (χ3n) is 2.75. The second kappa shape index (κ2) is 4.97. The molecule has 0 spiro atoms. The van der Waals surface area contributed by atoms with Crippen molar-refractivity contribution in [3.05, 3.63) is 0 Å². The van der Waals surface area contributed by atoms with Gasteiger partial charge < -0.3 is 4.90 Å². The Morgan fingerprint density at radius 3 is 3.00 bits per heavy atom. The quantitative estimate of drug-likeness (QED) is 0.657. The highest BCUT2D eigenvalue weighted by molar-refractivity contribution is 5.78. The first-order valence-electron chi connectivity index (χ1n) is 5.06. The van der Waals surface area contributed by atoms with Gasteiger partial charge in [-0.05, 0) is 19.8 Å². The third kappa shape index (κ3) is 2.46. The molecular formula is C10H17N3O. The first-order chi connectivity index (χ1) is 6.69. The molecule has 0 bridgehead atoms. The van der Waals surface area contributed by atoms with Crippen molar-refractivity contribution in [2.45, 2.75) is 25.8 Å². The van der Waals surface area contributed by atoms with Gasteiger partial charge in [0, 0.05) is 20.1 Å². The molecule has 0 N–H and O–H groups in total. The van der Waals surface area contributed by atoms with Crippen molar-refractivity contribution in [3.63, 3.8) is 0 Å². The predicted octanol–water partition coefficient (Wildman–Crippen LogP) is 0.453. The molecule has 1 aliphatic heterocycles. The minimum Gasteiger partial charge on any atom is -0.345 e. The SMILES string of the molecule is CCN(C)C(=O)CN1CCCC1C#N. The van der Waals surface area contributed by atoms with Gasteiger partial charge in [-0.2, -0.15) is 5.26 Å². The summed E-state index contributed by atoms with van der Waals surface area (Å²) in [4.78, 5) is 15.2. The number of hydrogen-bond acceptors (Lipinski definition) is 3. The summed E-state index contributed by atoms with van der Waals surface area (Å²) in [6.45, 7) is 3.94. The van der Waals surface area contributed by atoms with Crippen LogP contribution in [0, 0.1) is 11.3 Å². The molecule has 1 unspecified atom stereocenters. The number of likely N-dealkylation sites (N-methyl/N-ethyl adjacent to an activating group) is 1. The van der Waals surface area contributed by atoms with E-state index in [1.807, 2.05) is 11.8 Å². The standard InChI is InChI=1S/C10H17N3O/c1-3-12(2)10(14)8-13-6-4-5-9(13)7-11/h9H,3-6,8H2,1-2H3. The van der Waals surface area contributed by atoms with Crippen LogP contribution in [-0.4, -0.2) is 48.4 Å². The van der Waals surface area contributed by atoms with E-state index >= 15 is 0 Å². The lowest BCUT2D eigenvalue weighted by Gasteiger charge is -2.22. The van der Waals surface area contributed by atoms with Crippen molar-refractivity contribution in [1.82, 2.24) is 9.80 Å². The zero-order valence-electron chi connectivity index (χ0n) is 8.86. The molecule has 1 atom stereocenters. The number of hydrogen-bond donors (Lipinski definition) is 0. The van der Waals surface area contributed by atoms with Gasteiger partial charge in [0.25, 0.3) is 0 Å². The molecule has 14 heavy (non-hydrogen) atoms. The van der Waals surface area contributed by atoms with Gasteiger partial charge in [-0.1, -0.05) is 0 Å². The molecule has 1 amide bonds. The minimum atomic E-state index is -0.0517. The van der Waals surface area contributed by atoms with Gasteiger partial charge in [0.05, 0.1) is 18.7 Å². The number of amides is 1. The molecule has 0 aromatic carbocycles. The Hall–Kier alpha value is -1.08. The summed E-state index contributed by atoms with van der Waals surface area (Å²) in [5, 5.41) is 8.83. The van der Waals surface area contributed by atoms with E-state index in [-0.39, 0.29) is 11.9 Å². The van der Waals surface area contributed by atoms with Gasteiger partial charge in [-0.3, -0.25) is 9.69 Å². The Morgan fingerprint density at radius 2 is 2.43 bits per heavy atom. The summed E-state index contributed by atoms with van der Waals surface area (Å²) >= 11 is 0. The van der Waals surface area contributed by atoms with Crippen molar-refractivity contribution in [1.29, 1.82) is 5.26 Å². The monoisotopic (exact) mass is 195 g/mol. The van der Waals surface area contributed by atoms with Crippen molar-refractivity contribution in [2.24, 2.45) is 0 Å². The summed E-state index contributed by atoms with van der Waals surface area (Å²) in [5.74, 6) is 0.106. The molecule has 4 nitrogen and oxygen atoms in total. The molecule has 78 valence electrons. The van der Waals surface area contributed by atoms with Crippen LogP contribution in [0.2, 0.25) is 0 Å². The van der Waals surface area contributed by atoms with Crippen LogP contribution in [0.3, 0.4) is 0 Å². The summed E-state index contributed by atoms with van der Waals surface area (Å²) in [5.41, 5.74) is 0. The predicted molar refractivity (Wildman–Crippen MR) is 53.5 cm³/mol. The van der Waals surface area contributed by atoms with E-state index < -0.39 is 0 Å². The van der Waals surface area contributed by atoms with Crippen LogP contribution in [0.25, 0.3) is 0 Å². The average Bonchev–Trinajstić information content (AvgIpc) is 2.63. The van der Waals surface area contributed by atoms with Gasteiger partial charge in [0.15, 0.2) is 0 Å². The number of likely N-dealkylation sites (tertiary alicyclic amines) is 1. The minimum absolute atomic E-state index is 0.0517. The van der Waals surface area contributed by atoms with Crippen LogP contribution < -0.4 is 0 Å². The Balaban J connectivity index is 2.44. The number of rotatable bonds is 3. The Bertz CT molecular complexity index is 246. The van der Waals surface area contributed by atoms with Gasteiger partial charge in [-0.25, -0.2) is 0 Å². The van der Waals surface area contributed by atoms with Crippen LogP contribution in [0.5, 0.6) is 0 Å². The van der Waals surface area contributed by atoms with E-state index in [1.165, 1.54) is 0 Å². The number of nitrogens with zero attached hydrogens (tertiary/aromatic N) is 3. The molecule has 0 aliphatic carbocycles. The van der Waals surface area contributed by atoms with E-state index in [1.54, 1.807) is 11.9 Å². The lowest BCUT2D eigenvalue weighted by atomic mass is 10.2. The fraction of sp³-hybridized carbons (Fsp3) is 0.800. The first kappa shape index (κ1) is 11.0. The maximum atomic E-state index is 11.6. The van der Waals surface area contributed by atoms with E-state index in [0.29, 0.717) is 6.54 Å². The smallest absolute Gasteiger partial charge is 0.236 e. The van der Waals surface area contributed by atoms with Crippen LogP contribution in [0.1, 0.15) is 19.8 Å². The summed E-state index contributed by atoms with van der Waals surface area (Å²) in [7, 11) is 1.79. The topological polar surface area (TPSA) is 47.3 Å². The van der Waals surface area contributed by atoms with E-state index in [0.717, 1.165) is 25.9 Å². The molecule has 0 aromatic rings. The highest BCUT2D eigenvalue weighted by Crippen LogP contribution is 2.15. The molecule has 0 saturated carbocycles. The Labute approximate surface area is 85.1 Å². The fourth-order valence-corrected chi connectivity index (χ4v) is 1.63. The highest BCUT2D eigenvalue weighted by Gasteiger charge is 2.26. The second-order valence-electron chi connectivity index (χ2n) is 3.67. The normalized spacial score (nSPS) is 21.9. The zero-order chi connectivity index (χ0) is 10.6. The van der Waals surface area contributed by atoms with Gasteiger partial charge in [-0.15, -0.1) is 0 Å². The van der Waals surface area contributed by atoms with Gasteiger partial charge in [0.2, 0.25) is 5.91 Å². The molecule has 1 aliphatic rings.